The van der Waals surface area contributed by atoms with Crippen molar-refractivity contribution in [3.63, 3.8) is 0 Å². The molecule has 17 heavy (non-hydrogen) atoms. The molecule has 0 aliphatic heterocycles. The summed E-state index contributed by atoms with van der Waals surface area (Å²) >= 11 is 0. The number of nitriles is 2. The van der Waals surface area contributed by atoms with Crippen LogP contribution < -0.4 is 0 Å². The third-order valence-electron chi connectivity index (χ3n) is 3.21. The summed E-state index contributed by atoms with van der Waals surface area (Å²) in [7, 11) is 0. The van der Waals surface area contributed by atoms with Gasteiger partial charge in [0.1, 0.15) is 0 Å². The van der Waals surface area contributed by atoms with E-state index < -0.39 is 0 Å². The predicted octanol–water partition coefficient (Wildman–Crippen LogP) is 3.31. The van der Waals surface area contributed by atoms with E-state index in [2.05, 4.69) is 39.0 Å². The van der Waals surface area contributed by atoms with E-state index in [1.165, 1.54) is 5.56 Å². The zero-order valence-electron chi connectivity index (χ0n) is 10.8. The molecule has 0 aromatic heterocycles. The summed E-state index contributed by atoms with van der Waals surface area (Å²) in [6.45, 7) is 6.22. The average Bonchev–Trinajstić information content (AvgIpc) is 2.37. The molecule has 0 aliphatic rings. The maximum Gasteiger partial charge on any atom is 0.0997 e. The molecule has 1 rings (SSSR count). The Labute approximate surface area is 104 Å². The number of hydrogen-bond donors (Lipinski definition) is 0. The lowest BCUT2D eigenvalue weighted by atomic mass is 9.87. The minimum Gasteiger partial charge on any atom is -0.198 e. The standard InChI is InChI=1S/C15H18N2/c1-4-11-9-12(5-2)15(10-17)13(6-3)14(11)7-8-16/h9H,4-7H2,1-3H3. The largest absolute Gasteiger partial charge is 0.198 e. The fraction of sp³-hybridized carbons (Fsp3) is 0.467. The Morgan fingerprint density at radius 2 is 1.59 bits per heavy atom. The van der Waals surface area contributed by atoms with Crippen LogP contribution in [0, 0.1) is 22.7 Å². The topological polar surface area (TPSA) is 47.6 Å². The van der Waals surface area contributed by atoms with Gasteiger partial charge in [0.2, 0.25) is 0 Å². The van der Waals surface area contributed by atoms with E-state index >= 15 is 0 Å². The van der Waals surface area contributed by atoms with Gasteiger partial charge in [-0.1, -0.05) is 26.8 Å². The molecule has 0 atom stereocenters. The SMILES string of the molecule is CCc1cc(CC)c(CC#N)c(CC)c1C#N. The molecule has 88 valence electrons. The number of rotatable bonds is 4. The molecule has 0 fully saturated rings. The van der Waals surface area contributed by atoms with Crippen LogP contribution in [-0.4, -0.2) is 0 Å². The van der Waals surface area contributed by atoms with Crippen molar-refractivity contribution in [3.8, 4) is 12.1 Å². The van der Waals surface area contributed by atoms with Gasteiger partial charge >= 0.3 is 0 Å². The summed E-state index contributed by atoms with van der Waals surface area (Å²) in [6.07, 6.45) is 3.02. The molecule has 0 bridgehead atoms. The van der Waals surface area contributed by atoms with Gasteiger partial charge in [0.05, 0.1) is 24.1 Å². The van der Waals surface area contributed by atoms with Crippen LogP contribution >= 0.6 is 0 Å². The summed E-state index contributed by atoms with van der Waals surface area (Å²) in [4.78, 5) is 0. The van der Waals surface area contributed by atoms with Gasteiger partial charge in [0, 0.05) is 0 Å². The van der Waals surface area contributed by atoms with Crippen molar-refractivity contribution in [1.82, 2.24) is 0 Å². The Kier molecular flexibility index (Phi) is 4.73. The van der Waals surface area contributed by atoms with E-state index in [1.54, 1.807) is 0 Å². The Morgan fingerprint density at radius 3 is 2.00 bits per heavy atom. The van der Waals surface area contributed by atoms with Crippen molar-refractivity contribution in [2.75, 3.05) is 0 Å². The Balaban J connectivity index is 3.58. The molecular formula is C15H18N2. The minimum absolute atomic E-state index is 0.408. The van der Waals surface area contributed by atoms with Crippen molar-refractivity contribution >= 4 is 0 Å². The Morgan fingerprint density at radius 1 is 0.941 bits per heavy atom. The first-order valence-electron chi connectivity index (χ1n) is 6.16. The van der Waals surface area contributed by atoms with Crippen LogP contribution in [0.3, 0.4) is 0 Å². The van der Waals surface area contributed by atoms with Crippen LogP contribution in [0.2, 0.25) is 0 Å². The molecule has 0 saturated carbocycles. The third-order valence-corrected chi connectivity index (χ3v) is 3.21. The lowest BCUT2D eigenvalue weighted by Gasteiger charge is -2.15. The zero-order valence-corrected chi connectivity index (χ0v) is 10.8. The van der Waals surface area contributed by atoms with Crippen molar-refractivity contribution < 1.29 is 0 Å². The summed E-state index contributed by atoms with van der Waals surface area (Å²) in [5.74, 6) is 0. The molecule has 1 aromatic carbocycles. The highest BCUT2D eigenvalue weighted by molar-refractivity contribution is 5.53. The van der Waals surface area contributed by atoms with Crippen LogP contribution in [0.1, 0.15) is 48.6 Å². The molecule has 0 radical (unpaired) electrons. The molecule has 0 unspecified atom stereocenters. The highest BCUT2D eigenvalue weighted by Gasteiger charge is 2.14. The van der Waals surface area contributed by atoms with Crippen molar-refractivity contribution in [2.45, 2.75) is 46.5 Å². The van der Waals surface area contributed by atoms with Gasteiger partial charge < -0.3 is 0 Å². The molecular weight excluding hydrogens is 208 g/mol. The molecule has 0 aliphatic carbocycles. The molecule has 2 heteroatoms. The Hall–Kier alpha value is -1.80. The van der Waals surface area contributed by atoms with E-state index in [0.29, 0.717) is 6.42 Å². The van der Waals surface area contributed by atoms with E-state index in [9.17, 15) is 5.26 Å². The number of hydrogen-bond acceptors (Lipinski definition) is 2. The molecule has 0 N–H and O–H groups in total. The van der Waals surface area contributed by atoms with Crippen molar-refractivity contribution in [3.05, 3.63) is 33.9 Å². The highest BCUT2D eigenvalue weighted by Crippen LogP contribution is 2.25. The van der Waals surface area contributed by atoms with E-state index in [4.69, 9.17) is 5.26 Å². The smallest absolute Gasteiger partial charge is 0.0997 e. The lowest BCUT2D eigenvalue weighted by Crippen LogP contribution is -2.05. The quantitative estimate of drug-likeness (QED) is 0.790. The van der Waals surface area contributed by atoms with Crippen molar-refractivity contribution in [2.24, 2.45) is 0 Å². The van der Waals surface area contributed by atoms with Crippen LogP contribution in [0.15, 0.2) is 6.07 Å². The summed E-state index contributed by atoms with van der Waals surface area (Å²) in [6, 6.07) is 6.62. The van der Waals surface area contributed by atoms with Crippen LogP contribution in [0.5, 0.6) is 0 Å². The number of nitrogens with zero attached hydrogens (tertiary/aromatic N) is 2. The first-order valence-corrected chi connectivity index (χ1v) is 6.16. The summed E-state index contributed by atoms with van der Waals surface area (Å²) in [5.41, 5.74) is 5.27. The molecule has 0 saturated heterocycles. The molecule has 0 heterocycles. The minimum atomic E-state index is 0.408. The van der Waals surface area contributed by atoms with Gasteiger partial charge in [-0.3, -0.25) is 0 Å². The first kappa shape index (κ1) is 13.3. The highest BCUT2D eigenvalue weighted by atomic mass is 14.3. The van der Waals surface area contributed by atoms with E-state index in [1.807, 2.05) is 0 Å². The lowest BCUT2D eigenvalue weighted by molar-refractivity contribution is 0.981. The van der Waals surface area contributed by atoms with Gasteiger partial charge in [-0.05, 0) is 41.5 Å². The second kappa shape index (κ2) is 6.06. The van der Waals surface area contributed by atoms with E-state index in [0.717, 1.165) is 41.5 Å². The van der Waals surface area contributed by atoms with Crippen LogP contribution in [-0.2, 0) is 25.7 Å². The maximum atomic E-state index is 9.28. The molecule has 2 nitrogen and oxygen atoms in total. The monoisotopic (exact) mass is 226 g/mol. The number of benzene rings is 1. The van der Waals surface area contributed by atoms with E-state index in [-0.39, 0.29) is 0 Å². The van der Waals surface area contributed by atoms with Crippen LogP contribution in [0.4, 0.5) is 0 Å². The first-order chi connectivity index (χ1) is 8.23. The number of aryl methyl sites for hydroxylation is 2. The molecule has 1 aromatic rings. The second-order valence-corrected chi connectivity index (χ2v) is 4.03. The molecule has 0 amide bonds. The zero-order chi connectivity index (χ0) is 12.8. The molecule has 0 spiro atoms. The average molecular weight is 226 g/mol. The fourth-order valence-corrected chi connectivity index (χ4v) is 2.33. The summed E-state index contributed by atoms with van der Waals surface area (Å²) in [5, 5.41) is 18.2. The van der Waals surface area contributed by atoms with Crippen molar-refractivity contribution in [1.29, 1.82) is 10.5 Å². The van der Waals surface area contributed by atoms with Gasteiger partial charge in [0.15, 0.2) is 0 Å². The fourth-order valence-electron chi connectivity index (χ4n) is 2.33. The van der Waals surface area contributed by atoms with Gasteiger partial charge in [-0.25, -0.2) is 0 Å². The van der Waals surface area contributed by atoms with Crippen LogP contribution in [0.25, 0.3) is 0 Å². The van der Waals surface area contributed by atoms with Gasteiger partial charge in [-0.15, -0.1) is 0 Å². The Bertz CT molecular complexity index is 487. The second-order valence-electron chi connectivity index (χ2n) is 4.03. The predicted molar refractivity (Wildman–Crippen MR) is 68.6 cm³/mol. The summed E-state index contributed by atoms with van der Waals surface area (Å²) < 4.78 is 0. The van der Waals surface area contributed by atoms with Gasteiger partial charge in [0.25, 0.3) is 0 Å². The van der Waals surface area contributed by atoms with Gasteiger partial charge in [-0.2, -0.15) is 10.5 Å². The third kappa shape index (κ3) is 2.48. The normalized spacial score (nSPS) is 9.71. The maximum absolute atomic E-state index is 9.28.